The van der Waals surface area contributed by atoms with E-state index >= 15 is 28.8 Å². The third-order valence-corrected chi connectivity index (χ3v) is 18.6. The summed E-state index contributed by atoms with van der Waals surface area (Å²) in [5.41, 5.74) is 1.47. The summed E-state index contributed by atoms with van der Waals surface area (Å²) in [7, 11) is 0. The lowest BCUT2D eigenvalue weighted by Crippen LogP contribution is -2.50. The average molecular weight is 1400 g/mol. The summed E-state index contributed by atoms with van der Waals surface area (Å²) in [6.45, 7) is 14.1. The smallest absolute Gasteiger partial charge is 0.338 e. The van der Waals surface area contributed by atoms with Crippen molar-refractivity contribution < 1.29 is 66.8 Å². The number of hydrogen-bond donors (Lipinski definition) is 0. The van der Waals surface area contributed by atoms with Crippen molar-refractivity contribution in [3.8, 4) is 57.5 Å². The van der Waals surface area contributed by atoms with Gasteiger partial charge in [0.15, 0.2) is 0 Å². The van der Waals surface area contributed by atoms with Crippen molar-refractivity contribution in [3.63, 3.8) is 0 Å². The predicted octanol–water partition coefficient (Wildman–Crippen LogP) is 18.7. The Bertz CT molecular complexity index is 5180. The molecule has 6 amide bonds. The molecule has 0 saturated heterocycles. The van der Waals surface area contributed by atoms with Gasteiger partial charge in [0.2, 0.25) is 0 Å². The molecule has 2 heterocycles. The number of likely N-dealkylation sites (N-methyl/N-ethyl adjacent to an activating group) is 2. The quantitative estimate of drug-likeness (QED) is 0.0155. The van der Waals surface area contributed by atoms with E-state index in [9.17, 15) is 9.59 Å². The van der Waals surface area contributed by atoms with Gasteiger partial charge in [-0.25, -0.2) is 9.59 Å². The molecule has 2 aliphatic heterocycles. The second kappa shape index (κ2) is 28.1. The maximum atomic E-state index is 16.6. The second-order valence-corrected chi connectivity index (χ2v) is 25.4. The Labute approximate surface area is 608 Å². The fraction of sp³-hybridized carbons (Fsp3) is 0.0909. The van der Waals surface area contributed by atoms with E-state index in [1.165, 1.54) is 72.2 Å². The number of anilines is 2. The predicted molar refractivity (Wildman–Crippen MR) is 403 cm³/mol. The number of ether oxygens (including phenoxy) is 6. The van der Waals surface area contributed by atoms with Crippen molar-refractivity contribution in [1.82, 2.24) is 9.80 Å². The summed E-state index contributed by atoms with van der Waals surface area (Å²) in [5.74, 6) is -4.31. The maximum absolute atomic E-state index is 16.6. The number of esters is 2. The topological polar surface area (TPSA) is 205 Å². The van der Waals surface area contributed by atoms with Crippen LogP contribution in [0.4, 0.5) is 11.4 Å². The van der Waals surface area contributed by atoms with Crippen molar-refractivity contribution >= 4 is 102 Å². The van der Waals surface area contributed by atoms with E-state index in [1.54, 1.807) is 196 Å². The SMILES string of the molecule is C=C(C)C(=O)Oc1ccc(N(CC)C(=O)C(c2ccccc2)N2C(=O)c3cc(Oc4ccccc4)c4c5c(Oc6ccccc6)cc6c7c(cc(Oc8ccccc8)c(c8c(Oc9ccccc9)cc(c3c48)C2=O)c75)C(=O)N(C(C(=O)N(CC)c2ccc(OC(=O)C(=C)C)cc2)c2ccccc2)C6=O)cc1. The highest BCUT2D eigenvalue weighted by molar-refractivity contribution is 6.45. The molecule has 13 aromatic rings. The minimum Gasteiger partial charge on any atom is -0.457 e. The van der Waals surface area contributed by atoms with E-state index in [1.807, 2.05) is 24.3 Å². The Morgan fingerprint density at radius 3 is 0.811 bits per heavy atom. The first-order valence-electron chi connectivity index (χ1n) is 34.2. The molecule has 13 aromatic carbocycles. The van der Waals surface area contributed by atoms with Crippen LogP contribution in [0.15, 0.2) is 279 Å². The summed E-state index contributed by atoms with van der Waals surface area (Å²) >= 11 is 0. The molecule has 106 heavy (non-hydrogen) atoms. The minimum absolute atomic E-state index is 0.0342. The minimum atomic E-state index is -1.62. The number of imide groups is 2. The largest absolute Gasteiger partial charge is 0.457 e. The molecule has 0 aromatic heterocycles. The van der Waals surface area contributed by atoms with E-state index in [2.05, 4.69) is 13.2 Å². The molecule has 0 spiro atoms. The molecule has 2 aliphatic rings. The Morgan fingerprint density at radius 1 is 0.330 bits per heavy atom. The van der Waals surface area contributed by atoms with Crippen LogP contribution in [0.5, 0.6) is 57.5 Å². The maximum Gasteiger partial charge on any atom is 0.338 e. The molecule has 18 nitrogen and oxygen atoms in total. The number of carbonyl (C=O) groups excluding carboxylic acids is 8. The Balaban J connectivity index is 1.02. The lowest BCUT2D eigenvalue weighted by molar-refractivity contribution is -0.130. The first-order chi connectivity index (χ1) is 51.5. The van der Waals surface area contributed by atoms with Gasteiger partial charge in [-0.2, -0.15) is 0 Å². The standard InChI is InChI=1S/C88H64N4O14/c1-7-89(55-39-43-61(44-40-55)105-87(99)51(3)4)85(97)79(53-27-15-9-16-28-53)91-81(93)63-47-67(101-57-31-19-11-20-32-57)73-75-69(103-59-35-23-13-24-36-59)49-65-72-66(84(96)92(83(65)95)80(54-29-17-10-18-30-54)86(98)90(8-2)56-41-45-62(46-42-56)106-88(100)52(5)6)50-70(104-60-37-25-14-26-38-60)76(78(72)75)74-68(102-58-33-21-12-22-34-58)48-64(82(91)94)71(63)77(73)74/h9-50,79-80H,3,5,7-8H2,1-2,4,6H3. The third-order valence-electron chi connectivity index (χ3n) is 18.6. The summed E-state index contributed by atoms with van der Waals surface area (Å²) in [5, 5.41) is 1.68. The van der Waals surface area contributed by atoms with Crippen molar-refractivity contribution in [2.45, 2.75) is 39.8 Å². The molecule has 0 aliphatic carbocycles. The normalized spacial score (nSPS) is 13.0. The number of benzene rings is 13. The van der Waals surface area contributed by atoms with Crippen molar-refractivity contribution in [3.05, 3.63) is 312 Å². The van der Waals surface area contributed by atoms with Gasteiger partial charge in [-0.15, -0.1) is 0 Å². The molecule has 0 fully saturated rings. The van der Waals surface area contributed by atoms with Crippen molar-refractivity contribution in [1.29, 1.82) is 0 Å². The van der Waals surface area contributed by atoms with Gasteiger partial charge < -0.3 is 38.2 Å². The van der Waals surface area contributed by atoms with Crippen molar-refractivity contribution in [2.75, 3.05) is 22.9 Å². The van der Waals surface area contributed by atoms with E-state index < -0.39 is 59.5 Å². The lowest BCUT2D eigenvalue weighted by atomic mass is 9.80. The molecule has 2 unspecified atom stereocenters. The Hall–Kier alpha value is -14.0. The molecule has 520 valence electrons. The summed E-state index contributed by atoms with van der Waals surface area (Å²) in [4.78, 5) is 128. The highest BCUT2D eigenvalue weighted by Gasteiger charge is 2.48. The van der Waals surface area contributed by atoms with Gasteiger partial charge in [0.25, 0.3) is 35.4 Å². The molecule has 0 bridgehead atoms. The molecule has 18 heteroatoms. The van der Waals surface area contributed by atoms with Crippen LogP contribution >= 0.6 is 0 Å². The van der Waals surface area contributed by atoms with E-state index in [4.69, 9.17) is 28.4 Å². The Kier molecular flexibility index (Phi) is 18.0. The van der Waals surface area contributed by atoms with E-state index in [0.717, 1.165) is 9.80 Å². The zero-order chi connectivity index (χ0) is 73.6. The van der Waals surface area contributed by atoms with Gasteiger partial charge in [0, 0.05) is 78.7 Å². The zero-order valence-corrected chi connectivity index (χ0v) is 57.7. The monoisotopic (exact) mass is 1400 g/mol. The lowest BCUT2D eigenvalue weighted by Gasteiger charge is -2.37. The summed E-state index contributed by atoms with van der Waals surface area (Å²) in [6, 6.07) is 67.8. The number of hydrogen-bond acceptors (Lipinski definition) is 14. The number of nitrogens with zero attached hydrogens (tertiary/aromatic N) is 4. The van der Waals surface area contributed by atoms with Crippen LogP contribution in [-0.2, 0) is 19.2 Å². The number of amides is 6. The molecule has 0 N–H and O–H groups in total. The van der Waals surface area contributed by atoms with Gasteiger partial charge in [-0.3, -0.25) is 38.6 Å². The first-order valence-corrected chi connectivity index (χ1v) is 34.2. The van der Waals surface area contributed by atoms with E-state index in [0.29, 0.717) is 45.5 Å². The Morgan fingerprint density at radius 2 is 0.575 bits per heavy atom. The third kappa shape index (κ3) is 12.2. The van der Waals surface area contributed by atoms with Gasteiger partial charge >= 0.3 is 11.9 Å². The zero-order valence-electron chi connectivity index (χ0n) is 57.7. The van der Waals surface area contributed by atoms with Crippen LogP contribution in [0.25, 0.3) is 43.1 Å². The molecule has 0 saturated carbocycles. The van der Waals surface area contributed by atoms with Crippen LogP contribution in [0.3, 0.4) is 0 Å². The second-order valence-electron chi connectivity index (χ2n) is 25.4. The summed E-state index contributed by atoms with van der Waals surface area (Å²) < 4.78 is 39.7. The van der Waals surface area contributed by atoms with Crippen LogP contribution < -0.4 is 38.2 Å². The van der Waals surface area contributed by atoms with Crippen LogP contribution in [0.2, 0.25) is 0 Å². The molecular weight excluding hydrogens is 1340 g/mol. The first kappa shape index (κ1) is 67.8. The van der Waals surface area contributed by atoms with Crippen LogP contribution in [0, 0.1) is 0 Å². The average Bonchev–Trinajstić information content (AvgIpc) is 0.670. The molecular formula is C88H64N4O14. The number of carbonyl (C=O) groups is 8. The van der Waals surface area contributed by atoms with Crippen LogP contribution in [0.1, 0.15) is 92.3 Å². The van der Waals surface area contributed by atoms with Gasteiger partial charge in [-0.1, -0.05) is 147 Å². The number of fused-ring (bicyclic) bond motifs is 2. The molecule has 15 rings (SSSR count). The highest BCUT2D eigenvalue weighted by Crippen LogP contribution is 2.59. The number of rotatable bonds is 22. The fourth-order valence-corrected chi connectivity index (χ4v) is 13.9. The number of para-hydroxylation sites is 4. The molecule has 0 radical (unpaired) electrons. The summed E-state index contributed by atoms with van der Waals surface area (Å²) in [6.07, 6.45) is 0. The molecule has 2 atom stereocenters. The highest BCUT2D eigenvalue weighted by atomic mass is 16.5. The van der Waals surface area contributed by atoms with E-state index in [-0.39, 0.29) is 124 Å². The van der Waals surface area contributed by atoms with Gasteiger partial charge in [0.05, 0.1) is 22.3 Å². The van der Waals surface area contributed by atoms with Gasteiger partial charge in [0.1, 0.15) is 69.6 Å². The van der Waals surface area contributed by atoms with Gasteiger partial charge in [-0.05, 0) is 160 Å². The van der Waals surface area contributed by atoms with Crippen molar-refractivity contribution in [2.24, 2.45) is 0 Å². The fourth-order valence-electron chi connectivity index (χ4n) is 13.9. The van der Waals surface area contributed by atoms with Crippen LogP contribution in [-0.4, -0.2) is 70.3 Å².